The number of hydrogen-bond acceptors (Lipinski definition) is 4. The number of aromatic nitrogens is 2. The molecule has 1 aromatic heterocycles. The number of carbonyl (C=O) groups excluding carboxylic acids is 2. The third-order valence-corrected chi connectivity index (χ3v) is 3.18. The second-order valence-corrected chi connectivity index (χ2v) is 4.97. The lowest BCUT2D eigenvalue weighted by molar-refractivity contribution is -0.116. The molecule has 0 saturated carbocycles. The Balaban J connectivity index is 1.95. The molecule has 2 rings (SSSR count). The molecule has 0 bridgehead atoms. The van der Waals surface area contributed by atoms with Crippen LogP contribution in [0.15, 0.2) is 41.2 Å². The van der Waals surface area contributed by atoms with Gasteiger partial charge in [-0.1, -0.05) is 12.1 Å². The molecule has 0 aliphatic heterocycles. The molecule has 0 aliphatic carbocycles. The molecule has 114 valence electrons. The minimum Gasteiger partial charge on any atom is -0.326 e. The van der Waals surface area contributed by atoms with E-state index in [2.05, 4.69) is 10.4 Å². The first-order chi connectivity index (χ1) is 10.5. The first-order valence-electron chi connectivity index (χ1n) is 6.90. The Morgan fingerprint density at radius 2 is 2.00 bits per heavy atom. The molecule has 1 heterocycles. The predicted molar refractivity (Wildman–Crippen MR) is 82.9 cm³/mol. The fraction of sp³-hybridized carbons (Fsp3) is 0.250. The summed E-state index contributed by atoms with van der Waals surface area (Å²) in [4.78, 5) is 34.5. The van der Waals surface area contributed by atoms with Crippen LogP contribution in [0, 0.1) is 0 Å². The molecule has 0 radical (unpaired) electrons. The molecule has 0 unspecified atom stereocenters. The van der Waals surface area contributed by atoms with Crippen LogP contribution in [-0.4, -0.2) is 21.5 Å². The van der Waals surface area contributed by atoms with Crippen molar-refractivity contribution < 1.29 is 9.59 Å². The minimum atomic E-state index is -0.186. The van der Waals surface area contributed by atoms with Gasteiger partial charge in [0.1, 0.15) is 0 Å². The molecule has 0 aliphatic rings. The number of Topliss-reactive ketones (excluding diaryl/α,β-unsaturated/α-hetero) is 1. The summed E-state index contributed by atoms with van der Waals surface area (Å²) in [6.45, 7) is 1.48. The van der Waals surface area contributed by atoms with E-state index in [1.54, 1.807) is 37.4 Å². The van der Waals surface area contributed by atoms with Gasteiger partial charge in [-0.05, 0) is 25.1 Å². The highest BCUT2D eigenvalue weighted by Gasteiger charge is 2.06. The van der Waals surface area contributed by atoms with E-state index in [0.29, 0.717) is 23.4 Å². The van der Waals surface area contributed by atoms with Crippen LogP contribution in [0.3, 0.4) is 0 Å². The van der Waals surface area contributed by atoms with Crippen molar-refractivity contribution in [3.63, 3.8) is 0 Å². The molecule has 1 aromatic carbocycles. The van der Waals surface area contributed by atoms with Crippen LogP contribution < -0.4 is 10.9 Å². The molecule has 2 aromatic rings. The molecule has 6 nitrogen and oxygen atoms in total. The van der Waals surface area contributed by atoms with Gasteiger partial charge in [0.05, 0.1) is 5.69 Å². The molecule has 1 amide bonds. The van der Waals surface area contributed by atoms with E-state index >= 15 is 0 Å². The number of rotatable bonds is 5. The fourth-order valence-electron chi connectivity index (χ4n) is 1.96. The van der Waals surface area contributed by atoms with Gasteiger partial charge in [-0.15, -0.1) is 0 Å². The summed E-state index contributed by atoms with van der Waals surface area (Å²) in [7, 11) is 1.57. The summed E-state index contributed by atoms with van der Waals surface area (Å²) in [5.74, 6) is -0.221. The van der Waals surface area contributed by atoms with Crippen LogP contribution in [0.5, 0.6) is 0 Å². The number of amides is 1. The van der Waals surface area contributed by atoms with Crippen molar-refractivity contribution >= 4 is 17.4 Å². The van der Waals surface area contributed by atoms with Crippen molar-refractivity contribution in [2.45, 2.75) is 19.8 Å². The predicted octanol–water partition coefficient (Wildman–Crippen LogP) is 1.55. The summed E-state index contributed by atoms with van der Waals surface area (Å²) in [6, 6.07) is 9.84. The molecule has 6 heteroatoms. The number of nitrogens with zero attached hydrogens (tertiary/aromatic N) is 2. The second kappa shape index (κ2) is 6.80. The van der Waals surface area contributed by atoms with E-state index in [1.165, 1.54) is 17.7 Å². The zero-order valence-electron chi connectivity index (χ0n) is 12.5. The quantitative estimate of drug-likeness (QED) is 0.849. The minimum absolute atomic E-state index is 0.0505. The van der Waals surface area contributed by atoms with E-state index in [4.69, 9.17) is 0 Å². The molecule has 1 N–H and O–H groups in total. The summed E-state index contributed by atoms with van der Waals surface area (Å²) >= 11 is 0. The number of carbonyl (C=O) groups is 2. The smallest absolute Gasteiger partial charge is 0.266 e. The van der Waals surface area contributed by atoms with Crippen molar-refractivity contribution in [3.05, 3.63) is 58.0 Å². The van der Waals surface area contributed by atoms with Crippen LogP contribution in [0.25, 0.3) is 0 Å². The molecular weight excluding hydrogens is 282 g/mol. The topological polar surface area (TPSA) is 81.1 Å². The van der Waals surface area contributed by atoms with Gasteiger partial charge in [0.25, 0.3) is 5.56 Å². The third kappa shape index (κ3) is 4.12. The van der Waals surface area contributed by atoms with Crippen molar-refractivity contribution in [1.29, 1.82) is 0 Å². The van der Waals surface area contributed by atoms with Gasteiger partial charge in [-0.25, -0.2) is 4.68 Å². The van der Waals surface area contributed by atoms with Gasteiger partial charge < -0.3 is 5.32 Å². The van der Waals surface area contributed by atoms with Crippen molar-refractivity contribution in [1.82, 2.24) is 9.78 Å². The van der Waals surface area contributed by atoms with E-state index in [-0.39, 0.29) is 23.7 Å². The highest BCUT2D eigenvalue weighted by atomic mass is 16.1. The maximum absolute atomic E-state index is 11.9. The number of ketones is 1. The van der Waals surface area contributed by atoms with Gasteiger partial charge in [-0.2, -0.15) is 5.10 Å². The normalized spacial score (nSPS) is 10.3. The molecule has 0 atom stereocenters. The maximum Gasteiger partial charge on any atom is 0.266 e. The monoisotopic (exact) mass is 299 g/mol. The van der Waals surface area contributed by atoms with Crippen LogP contribution >= 0.6 is 0 Å². The van der Waals surface area contributed by atoms with Crippen LogP contribution in [0.2, 0.25) is 0 Å². The van der Waals surface area contributed by atoms with Crippen LogP contribution in [0.4, 0.5) is 5.69 Å². The van der Waals surface area contributed by atoms with Gasteiger partial charge in [0.2, 0.25) is 5.91 Å². The summed E-state index contributed by atoms with van der Waals surface area (Å²) < 4.78 is 1.24. The zero-order chi connectivity index (χ0) is 16.1. The molecule has 0 fully saturated rings. The lowest BCUT2D eigenvalue weighted by Crippen LogP contribution is -2.20. The Kier molecular flexibility index (Phi) is 4.83. The average molecular weight is 299 g/mol. The molecule has 0 saturated heterocycles. The number of benzene rings is 1. The Bertz CT molecular complexity index is 765. The largest absolute Gasteiger partial charge is 0.326 e. The van der Waals surface area contributed by atoms with Crippen molar-refractivity contribution in [3.8, 4) is 0 Å². The Morgan fingerprint density at radius 3 is 2.68 bits per heavy atom. The lowest BCUT2D eigenvalue weighted by Gasteiger charge is -2.06. The van der Waals surface area contributed by atoms with E-state index in [0.717, 1.165) is 0 Å². The van der Waals surface area contributed by atoms with Gasteiger partial charge >= 0.3 is 0 Å². The maximum atomic E-state index is 11.9. The molecule has 0 spiro atoms. The van der Waals surface area contributed by atoms with Gasteiger partial charge in [0, 0.05) is 37.2 Å². The summed E-state index contributed by atoms with van der Waals surface area (Å²) in [5.41, 5.74) is 1.63. The second-order valence-electron chi connectivity index (χ2n) is 4.97. The SMILES string of the molecule is CC(=O)c1cccc(NC(=O)CCc2ccc(=O)n(C)n2)c1. The van der Waals surface area contributed by atoms with Crippen LogP contribution in [-0.2, 0) is 18.3 Å². The molecule has 22 heavy (non-hydrogen) atoms. The van der Waals surface area contributed by atoms with Crippen molar-refractivity contribution in [2.75, 3.05) is 5.32 Å². The van der Waals surface area contributed by atoms with E-state index < -0.39 is 0 Å². The Morgan fingerprint density at radius 1 is 1.23 bits per heavy atom. The highest BCUT2D eigenvalue weighted by molar-refractivity contribution is 5.97. The summed E-state index contributed by atoms with van der Waals surface area (Å²) in [6.07, 6.45) is 0.682. The van der Waals surface area contributed by atoms with Gasteiger partial charge in [0.15, 0.2) is 5.78 Å². The number of nitrogens with one attached hydrogen (secondary N) is 1. The van der Waals surface area contributed by atoms with Gasteiger partial charge in [-0.3, -0.25) is 14.4 Å². The van der Waals surface area contributed by atoms with Crippen molar-refractivity contribution in [2.24, 2.45) is 7.05 Å². The Labute approximate surface area is 127 Å². The van der Waals surface area contributed by atoms with E-state index in [1.807, 2.05) is 0 Å². The third-order valence-electron chi connectivity index (χ3n) is 3.18. The molecular formula is C16H17N3O3. The summed E-state index contributed by atoms with van der Waals surface area (Å²) in [5, 5.41) is 6.81. The first kappa shape index (κ1) is 15.6. The van der Waals surface area contributed by atoms with Crippen LogP contribution in [0.1, 0.15) is 29.4 Å². The number of hydrogen-bond donors (Lipinski definition) is 1. The fourth-order valence-corrected chi connectivity index (χ4v) is 1.96. The standard InChI is InChI=1S/C16H17N3O3/c1-11(20)12-4-3-5-14(10-12)17-15(21)8-6-13-7-9-16(22)19(2)18-13/h3-5,7,9-10H,6,8H2,1-2H3,(H,17,21). The zero-order valence-corrected chi connectivity index (χ0v) is 12.5. The van der Waals surface area contributed by atoms with E-state index in [9.17, 15) is 14.4 Å². The first-order valence-corrected chi connectivity index (χ1v) is 6.90. The average Bonchev–Trinajstić information content (AvgIpc) is 2.49. The number of aryl methyl sites for hydroxylation is 2. The Hall–Kier alpha value is -2.76. The highest BCUT2D eigenvalue weighted by Crippen LogP contribution is 2.11. The lowest BCUT2D eigenvalue weighted by atomic mass is 10.1. The number of anilines is 1.